The van der Waals surface area contributed by atoms with Gasteiger partial charge in [0.15, 0.2) is 5.82 Å². The minimum absolute atomic E-state index is 0.284. The standard InChI is InChI=1S/C9H8BrClN4S/c10-6-2-1-5(16-6)3-13-9-7(11)8(12)14-4-15-9/h1-2,4H,3H2,(H3,12,13,14,15). The Bertz CT molecular complexity index is 502. The van der Waals surface area contributed by atoms with E-state index in [0.29, 0.717) is 17.4 Å². The Morgan fingerprint density at radius 1 is 1.44 bits per heavy atom. The molecule has 0 bridgehead atoms. The lowest BCUT2D eigenvalue weighted by atomic mass is 10.4. The van der Waals surface area contributed by atoms with Crippen molar-refractivity contribution >= 4 is 50.5 Å². The van der Waals surface area contributed by atoms with Gasteiger partial charge in [-0.1, -0.05) is 11.6 Å². The van der Waals surface area contributed by atoms with Crippen LogP contribution in [0, 0.1) is 0 Å². The molecular weight excluding hydrogens is 312 g/mol. The maximum absolute atomic E-state index is 5.95. The van der Waals surface area contributed by atoms with E-state index in [2.05, 4.69) is 31.2 Å². The molecule has 16 heavy (non-hydrogen) atoms. The monoisotopic (exact) mass is 318 g/mol. The average molecular weight is 320 g/mol. The zero-order chi connectivity index (χ0) is 11.5. The molecule has 0 saturated heterocycles. The van der Waals surface area contributed by atoms with E-state index in [1.165, 1.54) is 11.2 Å². The predicted octanol–water partition coefficient (Wildman–Crippen LogP) is 3.15. The second kappa shape index (κ2) is 4.99. The average Bonchev–Trinajstić information content (AvgIpc) is 2.67. The van der Waals surface area contributed by atoms with Crippen LogP contribution in [0.4, 0.5) is 11.6 Å². The quantitative estimate of drug-likeness (QED) is 0.912. The number of nitrogens with one attached hydrogen (secondary N) is 1. The van der Waals surface area contributed by atoms with Gasteiger partial charge in [-0.05, 0) is 28.1 Å². The number of nitrogens with zero attached hydrogens (tertiary/aromatic N) is 2. The number of hydrogen-bond donors (Lipinski definition) is 2. The summed E-state index contributed by atoms with van der Waals surface area (Å²) in [4.78, 5) is 8.99. The Kier molecular flexibility index (Phi) is 3.63. The molecule has 3 N–H and O–H groups in total. The molecular formula is C9H8BrClN4S. The molecule has 0 aromatic carbocycles. The largest absolute Gasteiger partial charge is 0.382 e. The molecule has 0 aliphatic heterocycles. The fourth-order valence-corrected chi connectivity index (χ4v) is 2.71. The van der Waals surface area contributed by atoms with Crippen LogP contribution in [0.5, 0.6) is 0 Å². The Balaban J connectivity index is 2.07. The lowest BCUT2D eigenvalue weighted by Crippen LogP contribution is -2.03. The molecule has 0 unspecified atom stereocenters. The molecule has 0 saturated carbocycles. The van der Waals surface area contributed by atoms with Crippen LogP contribution in [-0.2, 0) is 6.54 Å². The van der Waals surface area contributed by atoms with E-state index < -0.39 is 0 Å². The van der Waals surface area contributed by atoms with E-state index in [1.807, 2.05) is 12.1 Å². The molecule has 0 aliphatic rings. The van der Waals surface area contributed by atoms with Crippen molar-refractivity contribution in [2.75, 3.05) is 11.1 Å². The number of anilines is 2. The Hall–Kier alpha value is -0.850. The van der Waals surface area contributed by atoms with Gasteiger partial charge in [0.2, 0.25) is 0 Å². The minimum Gasteiger partial charge on any atom is -0.382 e. The molecule has 0 radical (unpaired) electrons. The van der Waals surface area contributed by atoms with Crippen LogP contribution in [0.15, 0.2) is 22.2 Å². The first-order chi connectivity index (χ1) is 7.66. The third-order valence-corrected chi connectivity index (χ3v) is 3.87. The first-order valence-electron chi connectivity index (χ1n) is 4.41. The van der Waals surface area contributed by atoms with Crippen LogP contribution in [0.3, 0.4) is 0 Å². The van der Waals surface area contributed by atoms with E-state index >= 15 is 0 Å². The molecule has 4 nitrogen and oxygen atoms in total. The summed E-state index contributed by atoms with van der Waals surface area (Å²) in [6.07, 6.45) is 1.38. The van der Waals surface area contributed by atoms with Crippen LogP contribution in [-0.4, -0.2) is 9.97 Å². The molecule has 84 valence electrons. The summed E-state index contributed by atoms with van der Waals surface area (Å²) in [5.41, 5.74) is 5.57. The SMILES string of the molecule is Nc1ncnc(NCc2ccc(Br)s2)c1Cl. The van der Waals surface area contributed by atoms with Crippen LogP contribution in [0.25, 0.3) is 0 Å². The van der Waals surface area contributed by atoms with Crippen molar-refractivity contribution in [3.63, 3.8) is 0 Å². The van der Waals surface area contributed by atoms with Gasteiger partial charge in [-0.3, -0.25) is 0 Å². The highest BCUT2D eigenvalue weighted by molar-refractivity contribution is 9.11. The van der Waals surface area contributed by atoms with Gasteiger partial charge in [0.1, 0.15) is 17.2 Å². The van der Waals surface area contributed by atoms with Gasteiger partial charge >= 0.3 is 0 Å². The van der Waals surface area contributed by atoms with Crippen molar-refractivity contribution in [2.45, 2.75) is 6.54 Å². The minimum atomic E-state index is 0.284. The zero-order valence-corrected chi connectivity index (χ0v) is 11.2. The van der Waals surface area contributed by atoms with Crippen molar-refractivity contribution in [1.82, 2.24) is 9.97 Å². The van der Waals surface area contributed by atoms with Gasteiger partial charge < -0.3 is 11.1 Å². The van der Waals surface area contributed by atoms with E-state index in [4.69, 9.17) is 17.3 Å². The molecule has 2 aromatic rings. The molecule has 0 spiro atoms. The maximum atomic E-state index is 5.95. The number of thiophene rings is 1. The Morgan fingerprint density at radius 3 is 2.94 bits per heavy atom. The van der Waals surface area contributed by atoms with Crippen molar-refractivity contribution in [3.05, 3.63) is 32.1 Å². The van der Waals surface area contributed by atoms with Gasteiger partial charge in [0, 0.05) is 4.88 Å². The highest BCUT2D eigenvalue weighted by atomic mass is 79.9. The number of hydrogen-bond acceptors (Lipinski definition) is 5. The number of nitrogens with two attached hydrogens (primary N) is 1. The first-order valence-corrected chi connectivity index (χ1v) is 6.39. The highest BCUT2D eigenvalue weighted by Gasteiger charge is 2.06. The van der Waals surface area contributed by atoms with Crippen molar-refractivity contribution in [3.8, 4) is 0 Å². The molecule has 0 aliphatic carbocycles. The van der Waals surface area contributed by atoms with E-state index in [9.17, 15) is 0 Å². The van der Waals surface area contributed by atoms with Crippen molar-refractivity contribution < 1.29 is 0 Å². The van der Waals surface area contributed by atoms with Crippen LogP contribution in [0.1, 0.15) is 4.88 Å². The lowest BCUT2D eigenvalue weighted by molar-refractivity contribution is 1.10. The molecule has 0 fully saturated rings. The Morgan fingerprint density at radius 2 is 2.25 bits per heavy atom. The van der Waals surface area contributed by atoms with Crippen LogP contribution in [0.2, 0.25) is 5.02 Å². The maximum Gasteiger partial charge on any atom is 0.150 e. The van der Waals surface area contributed by atoms with E-state index in [0.717, 1.165) is 3.79 Å². The third kappa shape index (κ3) is 2.63. The lowest BCUT2D eigenvalue weighted by Gasteiger charge is -2.06. The van der Waals surface area contributed by atoms with Gasteiger partial charge in [0.25, 0.3) is 0 Å². The van der Waals surface area contributed by atoms with Gasteiger partial charge in [-0.2, -0.15) is 0 Å². The van der Waals surface area contributed by atoms with Crippen molar-refractivity contribution in [2.24, 2.45) is 0 Å². The second-order valence-electron chi connectivity index (χ2n) is 2.98. The number of nitrogen functional groups attached to an aromatic ring is 1. The van der Waals surface area contributed by atoms with Crippen molar-refractivity contribution in [1.29, 1.82) is 0 Å². The van der Waals surface area contributed by atoms with Crippen LogP contribution < -0.4 is 11.1 Å². The summed E-state index contributed by atoms with van der Waals surface area (Å²) < 4.78 is 1.09. The number of halogens is 2. The number of aromatic nitrogens is 2. The predicted molar refractivity (Wildman–Crippen MR) is 70.8 cm³/mol. The molecule has 2 heterocycles. The smallest absolute Gasteiger partial charge is 0.150 e. The summed E-state index contributed by atoms with van der Waals surface area (Å²) in [6.45, 7) is 0.659. The molecule has 2 rings (SSSR count). The van der Waals surface area contributed by atoms with Gasteiger partial charge in [-0.15, -0.1) is 11.3 Å². The molecule has 2 aromatic heterocycles. The fraction of sp³-hybridized carbons (Fsp3) is 0.111. The molecule has 7 heteroatoms. The topological polar surface area (TPSA) is 63.8 Å². The molecule has 0 atom stereocenters. The summed E-state index contributed by atoms with van der Waals surface area (Å²) in [7, 11) is 0. The van der Waals surface area contributed by atoms with E-state index in [-0.39, 0.29) is 5.82 Å². The second-order valence-corrected chi connectivity index (χ2v) is 5.91. The van der Waals surface area contributed by atoms with Crippen LogP contribution >= 0.6 is 38.9 Å². The third-order valence-electron chi connectivity index (χ3n) is 1.88. The fourth-order valence-electron chi connectivity index (χ4n) is 1.12. The summed E-state index contributed by atoms with van der Waals surface area (Å²) in [5.74, 6) is 0.838. The summed E-state index contributed by atoms with van der Waals surface area (Å²) >= 11 is 11.0. The number of rotatable bonds is 3. The molecule has 0 amide bonds. The normalized spacial score (nSPS) is 10.4. The van der Waals surface area contributed by atoms with Gasteiger partial charge in [0.05, 0.1) is 10.3 Å². The Labute approximate surface area is 110 Å². The van der Waals surface area contributed by atoms with E-state index in [1.54, 1.807) is 11.3 Å². The summed E-state index contributed by atoms with van der Waals surface area (Å²) in [5, 5.41) is 3.47. The summed E-state index contributed by atoms with van der Waals surface area (Å²) in [6, 6.07) is 4.03. The zero-order valence-electron chi connectivity index (χ0n) is 8.08. The first kappa shape index (κ1) is 11.6. The van der Waals surface area contributed by atoms with Gasteiger partial charge in [-0.25, -0.2) is 9.97 Å². The highest BCUT2D eigenvalue weighted by Crippen LogP contribution is 2.26.